The minimum atomic E-state index is -4.27. The fraction of sp³-hybridized carbons (Fsp3) is 0.600. The highest BCUT2D eigenvalue weighted by Gasteiger charge is 2.31. The zero-order valence-electron chi connectivity index (χ0n) is 11.3. The van der Waals surface area contributed by atoms with Crippen molar-refractivity contribution >= 4 is 11.6 Å². The molecule has 1 saturated carbocycles. The minimum absolute atomic E-state index is 0.507. The number of nitrogens with zero attached hydrogens (tertiary/aromatic N) is 1. The second kappa shape index (κ2) is 6.81. The van der Waals surface area contributed by atoms with Gasteiger partial charge in [-0.15, -0.1) is 11.6 Å². The van der Waals surface area contributed by atoms with Crippen LogP contribution >= 0.6 is 11.6 Å². The summed E-state index contributed by atoms with van der Waals surface area (Å²) in [7, 11) is 0. The highest BCUT2D eigenvalue weighted by atomic mass is 35.5. The number of hydrogen-bond acceptors (Lipinski definition) is 1. The topological polar surface area (TPSA) is 3.24 Å². The van der Waals surface area contributed by atoms with Crippen molar-refractivity contribution in [1.29, 1.82) is 0 Å². The number of hydrogen-bond donors (Lipinski definition) is 0. The first-order valence-corrected chi connectivity index (χ1v) is 7.50. The Bertz CT molecular complexity index is 429. The normalized spacial score (nSPS) is 16.4. The van der Waals surface area contributed by atoms with E-state index in [-0.39, 0.29) is 0 Å². The fourth-order valence-electron chi connectivity index (χ4n) is 2.49. The standard InChI is InChI=1S/C15H19ClF3N/c16-8-3-9-20(14-6-2-7-14)11-12-4-1-5-13(10-12)15(17,18)19/h1,4-5,10,14H,2-3,6-9,11H2. The number of alkyl halides is 4. The highest BCUT2D eigenvalue weighted by molar-refractivity contribution is 6.17. The van der Waals surface area contributed by atoms with E-state index in [9.17, 15) is 13.2 Å². The minimum Gasteiger partial charge on any atom is -0.296 e. The highest BCUT2D eigenvalue weighted by Crippen LogP contribution is 2.31. The van der Waals surface area contributed by atoms with Crippen molar-refractivity contribution in [2.45, 2.75) is 44.4 Å². The van der Waals surface area contributed by atoms with Crippen LogP contribution in [0.5, 0.6) is 0 Å². The molecule has 0 heterocycles. The molecule has 1 aromatic rings. The number of rotatable bonds is 6. The van der Waals surface area contributed by atoms with Crippen LogP contribution in [0.4, 0.5) is 13.2 Å². The first-order valence-electron chi connectivity index (χ1n) is 6.97. The Hall–Kier alpha value is -0.740. The first kappa shape index (κ1) is 15.6. The summed E-state index contributed by atoms with van der Waals surface area (Å²) < 4.78 is 38.1. The van der Waals surface area contributed by atoms with Gasteiger partial charge in [-0.25, -0.2) is 0 Å². The molecule has 5 heteroatoms. The second-order valence-corrected chi connectivity index (χ2v) is 5.67. The third-order valence-corrected chi connectivity index (χ3v) is 4.08. The molecule has 1 fully saturated rings. The molecule has 0 amide bonds. The van der Waals surface area contributed by atoms with E-state index in [1.807, 2.05) is 0 Å². The lowest BCUT2D eigenvalue weighted by atomic mass is 9.91. The van der Waals surface area contributed by atoms with Crippen molar-refractivity contribution in [2.75, 3.05) is 12.4 Å². The molecule has 0 spiro atoms. The smallest absolute Gasteiger partial charge is 0.296 e. The van der Waals surface area contributed by atoms with Gasteiger partial charge in [0.05, 0.1) is 5.56 Å². The van der Waals surface area contributed by atoms with Crippen LogP contribution in [0.2, 0.25) is 0 Å². The van der Waals surface area contributed by atoms with Crippen LogP contribution in [-0.4, -0.2) is 23.4 Å². The van der Waals surface area contributed by atoms with Gasteiger partial charge in [0.15, 0.2) is 0 Å². The molecule has 112 valence electrons. The van der Waals surface area contributed by atoms with Crippen molar-refractivity contribution in [3.63, 3.8) is 0 Å². The number of halogens is 4. The predicted octanol–water partition coefficient (Wildman–Crippen LogP) is 4.69. The summed E-state index contributed by atoms with van der Waals surface area (Å²) in [6.45, 7) is 1.43. The van der Waals surface area contributed by atoms with Crippen molar-refractivity contribution in [3.05, 3.63) is 35.4 Å². The van der Waals surface area contributed by atoms with Gasteiger partial charge in [-0.05, 0) is 37.4 Å². The van der Waals surface area contributed by atoms with E-state index in [0.717, 1.165) is 37.4 Å². The van der Waals surface area contributed by atoms with Gasteiger partial charge in [-0.2, -0.15) is 13.2 Å². The van der Waals surface area contributed by atoms with Crippen LogP contribution in [0, 0.1) is 0 Å². The molecule has 0 aromatic heterocycles. The Morgan fingerprint density at radius 1 is 1.25 bits per heavy atom. The molecule has 1 aromatic carbocycles. The Morgan fingerprint density at radius 2 is 2.00 bits per heavy atom. The van der Waals surface area contributed by atoms with Crippen molar-refractivity contribution in [2.24, 2.45) is 0 Å². The maximum absolute atomic E-state index is 12.7. The van der Waals surface area contributed by atoms with Crippen LogP contribution in [0.1, 0.15) is 36.8 Å². The Kier molecular flexibility index (Phi) is 5.33. The van der Waals surface area contributed by atoms with Crippen molar-refractivity contribution in [1.82, 2.24) is 4.90 Å². The summed E-state index contributed by atoms with van der Waals surface area (Å²) >= 11 is 5.72. The molecule has 20 heavy (non-hydrogen) atoms. The van der Waals surface area contributed by atoms with Crippen LogP contribution < -0.4 is 0 Å². The van der Waals surface area contributed by atoms with Crippen molar-refractivity contribution < 1.29 is 13.2 Å². The summed E-state index contributed by atoms with van der Waals surface area (Å²) in [5.74, 6) is 0.589. The lowest BCUT2D eigenvalue weighted by Crippen LogP contribution is -2.40. The second-order valence-electron chi connectivity index (χ2n) is 5.30. The Labute approximate surface area is 122 Å². The van der Waals surface area contributed by atoms with E-state index in [0.29, 0.717) is 18.5 Å². The van der Waals surface area contributed by atoms with Crippen LogP contribution in [-0.2, 0) is 12.7 Å². The van der Waals surface area contributed by atoms with Crippen molar-refractivity contribution in [3.8, 4) is 0 Å². The molecule has 0 atom stereocenters. The van der Waals surface area contributed by atoms with Gasteiger partial charge in [0.1, 0.15) is 0 Å². The van der Waals surface area contributed by atoms with Crippen LogP contribution in [0.15, 0.2) is 24.3 Å². The van der Waals surface area contributed by atoms with Gasteiger partial charge in [-0.1, -0.05) is 24.6 Å². The number of benzene rings is 1. The van der Waals surface area contributed by atoms with E-state index in [4.69, 9.17) is 11.6 Å². The molecular formula is C15H19ClF3N. The predicted molar refractivity (Wildman–Crippen MR) is 74.8 cm³/mol. The molecule has 0 N–H and O–H groups in total. The van der Waals surface area contributed by atoms with Crippen LogP contribution in [0.3, 0.4) is 0 Å². The molecule has 1 aliphatic rings. The summed E-state index contributed by atoms with van der Waals surface area (Å²) in [6, 6.07) is 6.13. The molecular weight excluding hydrogens is 287 g/mol. The third kappa shape index (κ3) is 4.13. The molecule has 0 bridgehead atoms. The molecule has 0 unspecified atom stereocenters. The third-order valence-electron chi connectivity index (χ3n) is 3.81. The largest absolute Gasteiger partial charge is 0.416 e. The molecule has 1 aliphatic carbocycles. The van der Waals surface area contributed by atoms with Gasteiger partial charge < -0.3 is 0 Å². The molecule has 0 saturated heterocycles. The average Bonchev–Trinajstić information content (AvgIpc) is 2.33. The van der Waals surface area contributed by atoms with Gasteiger partial charge in [-0.3, -0.25) is 4.90 Å². The zero-order valence-corrected chi connectivity index (χ0v) is 12.1. The average molecular weight is 306 g/mol. The molecule has 0 aliphatic heterocycles. The SMILES string of the molecule is FC(F)(F)c1cccc(CN(CCCCl)C2CCC2)c1. The first-order chi connectivity index (χ1) is 9.50. The van der Waals surface area contributed by atoms with E-state index < -0.39 is 11.7 Å². The zero-order chi connectivity index (χ0) is 14.6. The quantitative estimate of drug-likeness (QED) is 0.689. The summed E-state index contributed by atoms with van der Waals surface area (Å²) in [4.78, 5) is 2.27. The fourth-order valence-corrected chi connectivity index (χ4v) is 2.61. The van der Waals surface area contributed by atoms with Gasteiger partial charge in [0.2, 0.25) is 0 Å². The van der Waals surface area contributed by atoms with Gasteiger partial charge in [0, 0.05) is 18.5 Å². The summed E-state index contributed by atoms with van der Waals surface area (Å²) in [5, 5.41) is 0. The molecule has 2 rings (SSSR count). The summed E-state index contributed by atoms with van der Waals surface area (Å²) in [5.41, 5.74) is 0.155. The van der Waals surface area contributed by atoms with Gasteiger partial charge >= 0.3 is 6.18 Å². The maximum Gasteiger partial charge on any atom is 0.416 e. The summed E-state index contributed by atoms with van der Waals surface area (Å²) in [6.07, 6.45) is 0.0948. The van der Waals surface area contributed by atoms with E-state index >= 15 is 0 Å². The van der Waals surface area contributed by atoms with E-state index in [2.05, 4.69) is 4.90 Å². The van der Waals surface area contributed by atoms with E-state index in [1.54, 1.807) is 6.07 Å². The van der Waals surface area contributed by atoms with Crippen LogP contribution in [0.25, 0.3) is 0 Å². The monoisotopic (exact) mass is 305 g/mol. The maximum atomic E-state index is 12.7. The molecule has 1 nitrogen and oxygen atoms in total. The van der Waals surface area contributed by atoms with Gasteiger partial charge in [0.25, 0.3) is 0 Å². The lowest BCUT2D eigenvalue weighted by Gasteiger charge is -2.37. The Morgan fingerprint density at radius 3 is 2.55 bits per heavy atom. The Balaban J connectivity index is 2.05. The lowest BCUT2D eigenvalue weighted by molar-refractivity contribution is -0.137. The molecule has 0 radical (unpaired) electrons. The van der Waals surface area contributed by atoms with E-state index in [1.165, 1.54) is 18.6 Å².